The van der Waals surface area contributed by atoms with E-state index in [4.69, 9.17) is 5.73 Å². The Labute approximate surface area is 124 Å². The molecule has 3 N–H and O–H groups in total. The van der Waals surface area contributed by atoms with Crippen LogP contribution >= 0.6 is 31.9 Å². The Kier molecular flexibility index (Phi) is 4.14. The van der Waals surface area contributed by atoms with Gasteiger partial charge in [-0.05, 0) is 63.8 Å². The van der Waals surface area contributed by atoms with Crippen molar-refractivity contribution in [1.29, 1.82) is 0 Å². The molecule has 1 aliphatic rings. The van der Waals surface area contributed by atoms with E-state index in [9.17, 15) is 4.79 Å². The van der Waals surface area contributed by atoms with Crippen LogP contribution in [0, 0.1) is 5.41 Å². The van der Waals surface area contributed by atoms with E-state index in [0.29, 0.717) is 0 Å². The van der Waals surface area contributed by atoms with Crippen LogP contribution < -0.4 is 11.1 Å². The molecule has 2 unspecified atom stereocenters. The van der Waals surface area contributed by atoms with Gasteiger partial charge in [-0.25, -0.2) is 0 Å². The maximum atomic E-state index is 12.4. The number of halogens is 2. The summed E-state index contributed by atoms with van der Waals surface area (Å²) in [6.07, 6.45) is 2.78. The Bertz CT molecular complexity index is 458. The quantitative estimate of drug-likeness (QED) is 0.828. The first-order valence-corrected chi connectivity index (χ1v) is 7.55. The van der Waals surface area contributed by atoms with Crippen LogP contribution in [0.15, 0.2) is 27.1 Å². The molecule has 5 heteroatoms. The van der Waals surface area contributed by atoms with Crippen LogP contribution in [0.2, 0.25) is 0 Å². The molecule has 98 valence electrons. The van der Waals surface area contributed by atoms with Gasteiger partial charge in [-0.1, -0.05) is 12.5 Å². The van der Waals surface area contributed by atoms with Crippen LogP contribution in [0.4, 0.5) is 5.69 Å². The number of rotatable bonds is 2. The maximum Gasteiger partial charge on any atom is 0.231 e. The van der Waals surface area contributed by atoms with Crippen molar-refractivity contribution in [3.63, 3.8) is 0 Å². The standard InChI is InChI=1S/C13H16Br2N2O/c1-13(7-3-6-10(13)16)12(18)17-11-8(14)4-2-5-9(11)15/h2,4-5,10H,3,6-7,16H2,1H3,(H,17,18). The fourth-order valence-corrected chi connectivity index (χ4v) is 3.55. The Morgan fingerprint density at radius 3 is 2.56 bits per heavy atom. The monoisotopic (exact) mass is 374 g/mol. The molecule has 2 rings (SSSR count). The third kappa shape index (κ3) is 2.49. The van der Waals surface area contributed by atoms with Gasteiger partial charge >= 0.3 is 0 Å². The van der Waals surface area contributed by atoms with E-state index >= 15 is 0 Å². The van der Waals surface area contributed by atoms with Crippen molar-refractivity contribution < 1.29 is 4.79 Å². The lowest BCUT2D eigenvalue weighted by molar-refractivity contribution is -0.125. The zero-order valence-electron chi connectivity index (χ0n) is 10.2. The normalized spacial score (nSPS) is 27.2. The molecule has 1 aromatic carbocycles. The summed E-state index contributed by atoms with van der Waals surface area (Å²) in [6, 6.07) is 5.65. The molecule has 3 nitrogen and oxygen atoms in total. The molecule has 1 saturated carbocycles. The smallest absolute Gasteiger partial charge is 0.231 e. The zero-order valence-corrected chi connectivity index (χ0v) is 13.3. The number of carbonyl (C=O) groups excluding carboxylic acids is 1. The molecule has 0 bridgehead atoms. The van der Waals surface area contributed by atoms with Gasteiger partial charge in [-0.15, -0.1) is 0 Å². The maximum absolute atomic E-state index is 12.4. The lowest BCUT2D eigenvalue weighted by atomic mass is 9.84. The van der Waals surface area contributed by atoms with Gasteiger partial charge in [0.25, 0.3) is 0 Å². The Morgan fingerprint density at radius 1 is 1.44 bits per heavy atom. The van der Waals surface area contributed by atoms with Gasteiger partial charge in [0.1, 0.15) is 0 Å². The van der Waals surface area contributed by atoms with E-state index in [-0.39, 0.29) is 11.9 Å². The highest BCUT2D eigenvalue weighted by Gasteiger charge is 2.43. The number of anilines is 1. The second-order valence-corrected chi connectivity index (χ2v) is 6.68. The number of amides is 1. The van der Waals surface area contributed by atoms with E-state index in [1.165, 1.54) is 0 Å². The summed E-state index contributed by atoms with van der Waals surface area (Å²) in [5.74, 6) is 0.0000926. The number of nitrogens with one attached hydrogen (secondary N) is 1. The largest absolute Gasteiger partial charge is 0.327 e. The number of para-hydroxylation sites is 1. The second kappa shape index (κ2) is 5.31. The fourth-order valence-electron chi connectivity index (χ4n) is 2.35. The third-order valence-corrected chi connectivity index (χ3v) is 5.07. The summed E-state index contributed by atoms with van der Waals surface area (Å²) < 4.78 is 1.72. The van der Waals surface area contributed by atoms with Crippen LogP contribution in [0.5, 0.6) is 0 Å². The van der Waals surface area contributed by atoms with Crippen molar-refractivity contribution in [1.82, 2.24) is 0 Å². The molecule has 1 aromatic rings. The van der Waals surface area contributed by atoms with Crippen LogP contribution in [-0.2, 0) is 4.79 Å². The third-order valence-electron chi connectivity index (χ3n) is 3.75. The van der Waals surface area contributed by atoms with Gasteiger partial charge in [0.05, 0.1) is 11.1 Å². The Balaban J connectivity index is 2.22. The van der Waals surface area contributed by atoms with Crippen LogP contribution in [0.3, 0.4) is 0 Å². The lowest BCUT2D eigenvalue weighted by Crippen LogP contribution is -2.44. The summed E-state index contributed by atoms with van der Waals surface area (Å²) >= 11 is 6.88. The van der Waals surface area contributed by atoms with Crippen molar-refractivity contribution in [3.8, 4) is 0 Å². The highest BCUT2D eigenvalue weighted by molar-refractivity contribution is 9.11. The topological polar surface area (TPSA) is 55.1 Å². The van der Waals surface area contributed by atoms with Crippen molar-refractivity contribution in [2.24, 2.45) is 11.1 Å². The molecular formula is C13H16Br2N2O. The van der Waals surface area contributed by atoms with E-state index < -0.39 is 5.41 Å². The molecule has 0 aliphatic heterocycles. The summed E-state index contributed by atoms with van der Waals surface area (Å²) in [5, 5.41) is 2.98. The summed E-state index contributed by atoms with van der Waals surface area (Å²) in [4.78, 5) is 12.4. The van der Waals surface area contributed by atoms with E-state index in [1.54, 1.807) is 0 Å². The molecule has 1 aliphatic carbocycles. The van der Waals surface area contributed by atoms with Crippen LogP contribution in [0.25, 0.3) is 0 Å². The average Bonchev–Trinajstić information content (AvgIpc) is 2.66. The SMILES string of the molecule is CC1(C(=O)Nc2c(Br)cccc2Br)CCCC1N. The first-order valence-electron chi connectivity index (χ1n) is 5.96. The second-order valence-electron chi connectivity index (χ2n) is 4.97. The molecule has 0 radical (unpaired) electrons. The van der Waals surface area contributed by atoms with Crippen molar-refractivity contribution in [2.45, 2.75) is 32.2 Å². The Hall–Kier alpha value is -0.390. The molecule has 0 saturated heterocycles. The first kappa shape index (κ1) is 14.0. The predicted molar refractivity (Wildman–Crippen MR) is 80.4 cm³/mol. The van der Waals surface area contributed by atoms with Crippen molar-refractivity contribution in [2.75, 3.05) is 5.32 Å². The minimum atomic E-state index is -0.464. The van der Waals surface area contributed by atoms with Gasteiger partial charge in [0.15, 0.2) is 0 Å². The summed E-state index contributed by atoms with van der Waals surface area (Å²) in [6.45, 7) is 1.95. The minimum absolute atomic E-state index is 0.0000926. The highest BCUT2D eigenvalue weighted by Crippen LogP contribution is 2.39. The number of hydrogen-bond acceptors (Lipinski definition) is 2. The molecule has 1 amide bonds. The van der Waals surface area contributed by atoms with E-state index in [1.807, 2.05) is 25.1 Å². The van der Waals surface area contributed by atoms with Gasteiger partial charge in [0.2, 0.25) is 5.91 Å². The molecule has 0 aromatic heterocycles. The molecule has 18 heavy (non-hydrogen) atoms. The molecule has 1 fully saturated rings. The summed E-state index contributed by atoms with van der Waals surface area (Å²) in [5.41, 5.74) is 6.36. The van der Waals surface area contributed by atoms with E-state index in [2.05, 4.69) is 37.2 Å². The number of carbonyl (C=O) groups is 1. The molecule has 0 heterocycles. The van der Waals surface area contributed by atoms with Crippen LogP contribution in [-0.4, -0.2) is 11.9 Å². The van der Waals surface area contributed by atoms with E-state index in [0.717, 1.165) is 33.9 Å². The Morgan fingerprint density at radius 2 is 2.06 bits per heavy atom. The first-order chi connectivity index (χ1) is 8.45. The lowest BCUT2D eigenvalue weighted by Gasteiger charge is -2.28. The fraction of sp³-hybridized carbons (Fsp3) is 0.462. The predicted octanol–water partition coefficient (Wildman–Crippen LogP) is 3.67. The number of nitrogens with two attached hydrogens (primary N) is 1. The van der Waals surface area contributed by atoms with Crippen molar-refractivity contribution in [3.05, 3.63) is 27.1 Å². The number of hydrogen-bond donors (Lipinski definition) is 2. The average molecular weight is 376 g/mol. The molecule has 0 spiro atoms. The van der Waals surface area contributed by atoms with Crippen LogP contribution in [0.1, 0.15) is 26.2 Å². The highest BCUT2D eigenvalue weighted by atomic mass is 79.9. The van der Waals surface area contributed by atoms with Gasteiger partial charge in [-0.2, -0.15) is 0 Å². The minimum Gasteiger partial charge on any atom is -0.327 e. The number of benzene rings is 1. The summed E-state index contributed by atoms with van der Waals surface area (Å²) in [7, 11) is 0. The van der Waals surface area contributed by atoms with Crippen molar-refractivity contribution >= 4 is 43.5 Å². The molecular weight excluding hydrogens is 360 g/mol. The van der Waals surface area contributed by atoms with Gasteiger partial charge < -0.3 is 11.1 Å². The molecule has 2 atom stereocenters. The zero-order chi connectivity index (χ0) is 13.3. The van der Waals surface area contributed by atoms with Gasteiger partial charge in [-0.3, -0.25) is 4.79 Å². The van der Waals surface area contributed by atoms with Gasteiger partial charge in [0, 0.05) is 15.0 Å².